The second-order valence-corrected chi connectivity index (χ2v) is 6.54. The molecular weight excluding hydrogens is 363 g/mol. The monoisotopic (exact) mass is 380 g/mol. The van der Waals surface area contributed by atoms with Crippen LogP contribution in [0.2, 0.25) is 10.0 Å². The average molecular weight is 382 g/mol. The van der Waals surface area contributed by atoms with E-state index in [1.54, 1.807) is 19.1 Å². The van der Waals surface area contributed by atoms with Crippen LogP contribution in [0.25, 0.3) is 0 Å². The highest BCUT2D eigenvalue weighted by atomic mass is 79.9. The summed E-state index contributed by atoms with van der Waals surface area (Å²) in [5.41, 5.74) is 0.572. The Hall–Kier alpha value is -0.450. The first-order valence-corrected chi connectivity index (χ1v) is 8.11. The first-order chi connectivity index (χ1) is 9.35. The Balaban J connectivity index is 2.71. The summed E-state index contributed by atoms with van der Waals surface area (Å²) in [6.07, 6.45) is 1.99. The van der Waals surface area contributed by atoms with Crippen molar-refractivity contribution in [1.29, 1.82) is 0 Å². The summed E-state index contributed by atoms with van der Waals surface area (Å²) in [7, 11) is 0. The molecule has 20 heavy (non-hydrogen) atoms. The van der Waals surface area contributed by atoms with E-state index in [0.717, 1.165) is 17.3 Å². The van der Waals surface area contributed by atoms with Crippen LogP contribution < -0.4 is 10.6 Å². The summed E-state index contributed by atoms with van der Waals surface area (Å²) in [6.45, 7) is 5.86. The predicted molar refractivity (Wildman–Crippen MR) is 89.8 cm³/mol. The smallest absolute Gasteiger partial charge is 0.242 e. The molecule has 0 fully saturated rings. The molecule has 2 unspecified atom stereocenters. The van der Waals surface area contributed by atoms with Gasteiger partial charge < -0.3 is 10.6 Å². The van der Waals surface area contributed by atoms with Crippen molar-refractivity contribution in [1.82, 2.24) is 5.32 Å². The summed E-state index contributed by atoms with van der Waals surface area (Å²) in [6, 6.07) is 3.22. The topological polar surface area (TPSA) is 41.1 Å². The minimum Gasteiger partial charge on any atom is -0.371 e. The standard InChI is InChI=1S/C14H19BrCl2N2O/c1-4-5-8(2)18-14(20)9(3)19-13-11(16)6-10(15)7-12(13)17/h6-9,19H,4-5H2,1-3H3,(H,18,20). The molecule has 3 nitrogen and oxygen atoms in total. The van der Waals surface area contributed by atoms with Crippen LogP contribution in [0.4, 0.5) is 5.69 Å². The SMILES string of the molecule is CCCC(C)NC(=O)C(C)Nc1c(Cl)cc(Br)cc1Cl. The summed E-state index contributed by atoms with van der Waals surface area (Å²) < 4.78 is 0.798. The van der Waals surface area contributed by atoms with Gasteiger partial charge in [0.05, 0.1) is 15.7 Å². The second kappa shape index (κ2) is 8.11. The van der Waals surface area contributed by atoms with Crippen LogP contribution in [0.5, 0.6) is 0 Å². The third kappa shape index (κ3) is 5.15. The van der Waals surface area contributed by atoms with E-state index in [4.69, 9.17) is 23.2 Å². The maximum absolute atomic E-state index is 12.1. The van der Waals surface area contributed by atoms with Gasteiger partial charge in [-0.15, -0.1) is 0 Å². The van der Waals surface area contributed by atoms with Crippen molar-refractivity contribution in [2.45, 2.75) is 45.7 Å². The second-order valence-electron chi connectivity index (χ2n) is 4.81. The molecule has 0 spiro atoms. The highest BCUT2D eigenvalue weighted by Gasteiger charge is 2.17. The van der Waals surface area contributed by atoms with Crippen LogP contribution in [-0.2, 0) is 4.79 Å². The summed E-state index contributed by atoms with van der Waals surface area (Å²) >= 11 is 15.6. The fraction of sp³-hybridized carbons (Fsp3) is 0.500. The molecule has 0 aromatic heterocycles. The number of hydrogen-bond acceptors (Lipinski definition) is 2. The lowest BCUT2D eigenvalue weighted by molar-refractivity contribution is -0.122. The van der Waals surface area contributed by atoms with Gasteiger partial charge >= 0.3 is 0 Å². The van der Waals surface area contributed by atoms with Gasteiger partial charge in [0, 0.05) is 10.5 Å². The lowest BCUT2D eigenvalue weighted by atomic mass is 10.2. The Labute approximate surface area is 138 Å². The molecule has 0 aliphatic heterocycles. The summed E-state index contributed by atoms with van der Waals surface area (Å²) in [4.78, 5) is 12.1. The molecule has 0 radical (unpaired) electrons. The van der Waals surface area contributed by atoms with E-state index in [-0.39, 0.29) is 11.9 Å². The van der Waals surface area contributed by atoms with E-state index in [0.29, 0.717) is 15.7 Å². The molecule has 6 heteroatoms. The molecule has 1 aromatic rings. The molecular formula is C14H19BrCl2N2O. The Morgan fingerprint density at radius 2 is 1.85 bits per heavy atom. The fourth-order valence-corrected chi connectivity index (χ4v) is 3.15. The number of amides is 1. The Morgan fingerprint density at radius 3 is 2.35 bits per heavy atom. The normalized spacial score (nSPS) is 13.7. The molecule has 0 aliphatic rings. The lowest BCUT2D eigenvalue weighted by Gasteiger charge is -2.20. The van der Waals surface area contributed by atoms with Gasteiger partial charge in [0.25, 0.3) is 0 Å². The zero-order chi connectivity index (χ0) is 15.3. The Kier molecular flexibility index (Phi) is 7.13. The number of carbonyl (C=O) groups is 1. The lowest BCUT2D eigenvalue weighted by Crippen LogP contribution is -2.42. The largest absolute Gasteiger partial charge is 0.371 e. The van der Waals surface area contributed by atoms with Gasteiger partial charge in [0.15, 0.2) is 0 Å². The van der Waals surface area contributed by atoms with Gasteiger partial charge in [-0.05, 0) is 32.4 Å². The minimum atomic E-state index is -0.412. The molecule has 112 valence electrons. The number of anilines is 1. The molecule has 2 N–H and O–H groups in total. The number of hydrogen-bond donors (Lipinski definition) is 2. The highest BCUT2D eigenvalue weighted by Crippen LogP contribution is 2.34. The molecule has 1 aromatic carbocycles. The van der Waals surface area contributed by atoms with Gasteiger partial charge in [-0.25, -0.2) is 0 Å². The van der Waals surface area contributed by atoms with Gasteiger partial charge in [0.1, 0.15) is 6.04 Å². The van der Waals surface area contributed by atoms with Crippen molar-refractivity contribution < 1.29 is 4.79 Å². The summed E-state index contributed by atoms with van der Waals surface area (Å²) in [5, 5.41) is 6.97. The van der Waals surface area contributed by atoms with Crippen LogP contribution in [0.15, 0.2) is 16.6 Å². The van der Waals surface area contributed by atoms with Crippen molar-refractivity contribution >= 4 is 50.7 Å². The number of halogens is 3. The number of carbonyl (C=O) groups excluding carboxylic acids is 1. The van der Waals surface area contributed by atoms with Crippen LogP contribution in [0.3, 0.4) is 0 Å². The highest BCUT2D eigenvalue weighted by molar-refractivity contribution is 9.10. The average Bonchev–Trinajstić information content (AvgIpc) is 2.33. The molecule has 1 rings (SSSR count). The first-order valence-electron chi connectivity index (χ1n) is 6.56. The van der Waals surface area contributed by atoms with Crippen LogP contribution >= 0.6 is 39.1 Å². The summed E-state index contributed by atoms with van der Waals surface area (Å²) in [5.74, 6) is -0.0685. The van der Waals surface area contributed by atoms with E-state index in [9.17, 15) is 4.79 Å². The van der Waals surface area contributed by atoms with Gasteiger partial charge in [-0.3, -0.25) is 4.79 Å². The van der Waals surface area contributed by atoms with Crippen molar-refractivity contribution in [3.8, 4) is 0 Å². The quantitative estimate of drug-likeness (QED) is 0.738. The third-order valence-electron chi connectivity index (χ3n) is 2.87. The van der Waals surface area contributed by atoms with Gasteiger partial charge in [-0.2, -0.15) is 0 Å². The third-order valence-corrected chi connectivity index (χ3v) is 3.93. The van der Waals surface area contributed by atoms with Crippen LogP contribution in [0.1, 0.15) is 33.6 Å². The molecule has 0 aliphatic carbocycles. The van der Waals surface area contributed by atoms with Crippen molar-refractivity contribution in [2.24, 2.45) is 0 Å². The zero-order valence-electron chi connectivity index (χ0n) is 11.8. The van der Waals surface area contributed by atoms with E-state index in [1.807, 2.05) is 6.92 Å². The zero-order valence-corrected chi connectivity index (χ0v) is 14.9. The maximum Gasteiger partial charge on any atom is 0.242 e. The Morgan fingerprint density at radius 1 is 1.30 bits per heavy atom. The van der Waals surface area contributed by atoms with Gasteiger partial charge in [0.2, 0.25) is 5.91 Å². The van der Waals surface area contributed by atoms with Crippen LogP contribution in [-0.4, -0.2) is 18.0 Å². The van der Waals surface area contributed by atoms with Crippen molar-refractivity contribution in [3.63, 3.8) is 0 Å². The van der Waals surface area contributed by atoms with E-state index < -0.39 is 6.04 Å². The fourth-order valence-electron chi connectivity index (χ4n) is 1.84. The van der Waals surface area contributed by atoms with E-state index >= 15 is 0 Å². The minimum absolute atomic E-state index is 0.0685. The number of rotatable bonds is 6. The number of nitrogens with one attached hydrogen (secondary N) is 2. The van der Waals surface area contributed by atoms with E-state index in [1.165, 1.54) is 0 Å². The predicted octanol–water partition coefficient (Wildman–Crippen LogP) is 4.86. The maximum atomic E-state index is 12.1. The van der Waals surface area contributed by atoms with Crippen molar-refractivity contribution in [2.75, 3.05) is 5.32 Å². The molecule has 0 saturated heterocycles. The molecule has 1 amide bonds. The molecule has 0 saturated carbocycles. The van der Waals surface area contributed by atoms with Crippen molar-refractivity contribution in [3.05, 3.63) is 26.7 Å². The van der Waals surface area contributed by atoms with E-state index in [2.05, 4.69) is 33.5 Å². The molecule has 0 heterocycles. The van der Waals surface area contributed by atoms with Gasteiger partial charge in [-0.1, -0.05) is 52.5 Å². The Bertz CT molecular complexity index is 459. The molecule has 0 bridgehead atoms. The number of benzene rings is 1. The molecule has 2 atom stereocenters. The van der Waals surface area contributed by atoms with Crippen LogP contribution in [0, 0.1) is 0 Å². The first kappa shape index (κ1) is 17.6.